The van der Waals surface area contributed by atoms with Crippen molar-refractivity contribution in [1.29, 1.82) is 0 Å². The summed E-state index contributed by atoms with van der Waals surface area (Å²) in [6.07, 6.45) is 2.07. The second-order valence-electron chi connectivity index (χ2n) is 7.38. The minimum Gasteiger partial charge on any atom is -0.352 e. The van der Waals surface area contributed by atoms with E-state index in [9.17, 15) is 0 Å². The van der Waals surface area contributed by atoms with Crippen LogP contribution >= 0.6 is 0 Å². The van der Waals surface area contributed by atoms with Crippen molar-refractivity contribution in [2.24, 2.45) is 14.1 Å². The van der Waals surface area contributed by atoms with Crippen LogP contribution in [-0.2, 0) is 14.1 Å². The number of rotatable bonds is 1. The monoisotopic (exact) mass is 334 g/mol. The lowest BCUT2D eigenvalue weighted by atomic mass is 10.2. The summed E-state index contributed by atoms with van der Waals surface area (Å²) in [5.41, 5.74) is 2.65. The molecule has 2 nitrogen and oxygen atoms in total. The standard InChI is InChI=1S/C12H17NSi.C9H9N/c1-13-11-8-6-5-7-10(11)9-12(13)14(2,3)4;1-10-7-6-8-4-2-3-5-9(8)10/h5-9H,1-4H3;2-7H,1H3. The van der Waals surface area contributed by atoms with Gasteiger partial charge in [0.2, 0.25) is 0 Å². The summed E-state index contributed by atoms with van der Waals surface area (Å²) < 4.78 is 4.47. The van der Waals surface area contributed by atoms with Gasteiger partial charge in [-0.2, -0.15) is 0 Å². The number of benzene rings is 2. The maximum atomic E-state index is 2.39. The number of hydrogen-bond acceptors (Lipinski definition) is 0. The lowest BCUT2D eigenvalue weighted by Crippen LogP contribution is -2.41. The van der Waals surface area contributed by atoms with Gasteiger partial charge in [0.05, 0.1) is 8.07 Å². The Morgan fingerprint density at radius 2 is 1.29 bits per heavy atom. The number of para-hydroxylation sites is 2. The average Bonchev–Trinajstić information content (AvgIpc) is 3.10. The molecule has 0 bridgehead atoms. The topological polar surface area (TPSA) is 9.86 Å². The molecule has 0 amide bonds. The number of nitrogens with zero attached hydrogens (tertiary/aromatic N) is 2. The van der Waals surface area contributed by atoms with Crippen LogP contribution in [0.3, 0.4) is 0 Å². The van der Waals surface area contributed by atoms with Gasteiger partial charge in [-0.1, -0.05) is 56.0 Å². The van der Waals surface area contributed by atoms with E-state index in [0.717, 1.165) is 0 Å². The van der Waals surface area contributed by atoms with E-state index < -0.39 is 8.07 Å². The van der Waals surface area contributed by atoms with E-state index >= 15 is 0 Å². The molecule has 2 heterocycles. The molecule has 2 aromatic carbocycles. The number of aromatic nitrogens is 2. The van der Waals surface area contributed by atoms with Gasteiger partial charge in [0.15, 0.2) is 0 Å². The van der Waals surface area contributed by atoms with Gasteiger partial charge in [-0.3, -0.25) is 0 Å². The summed E-state index contributed by atoms with van der Waals surface area (Å²) in [6.45, 7) is 7.17. The van der Waals surface area contributed by atoms with Gasteiger partial charge in [-0.25, -0.2) is 0 Å². The average molecular weight is 335 g/mol. The first-order chi connectivity index (χ1) is 11.4. The molecular weight excluding hydrogens is 308 g/mol. The highest BCUT2D eigenvalue weighted by molar-refractivity contribution is 6.88. The normalized spacial score (nSPS) is 11.5. The first kappa shape index (κ1) is 16.6. The maximum Gasteiger partial charge on any atom is 0.0984 e. The Bertz CT molecular complexity index is 970. The Morgan fingerprint density at radius 3 is 1.88 bits per heavy atom. The highest BCUT2D eigenvalue weighted by Crippen LogP contribution is 2.15. The molecule has 2 aromatic heterocycles. The number of hydrogen-bond donors (Lipinski definition) is 0. The van der Waals surface area contributed by atoms with E-state index in [1.54, 1.807) is 0 Å². The van der Waals surface area contributed by atoms with Crippen molar-refractivity contribution in [1.82, 2.24) is 9.13 Å². The van der Waals surface area contributed by atoms with Crippen LogP contribution in [0.1, 0.15) is 0 Å². The fraction of sp³-hybridized carbons (Fsp3) is 0.238. The zero-order valence-electron chi connectivity index (χ0n) is 15.2. The predicted octanol–water partition coefficient (Wildman–Crippen LogP) is 4.90. The summed E-state index contributed by atoms with van der Waals surface area (Å²) in [5, 5.41) is 4.20. The van der Waals surface area contributed by atoms with Crippen LogP contribution in [0.15, 0.2) is 66.9 Å². The first-order valence-corrected chi connectivity index (χ1v) is 11.9. The molecule has 0 saturated carbocycles. The van der Waals surface area contributed by atoms with Crippen LogP contribution in [-0.4, -0.2) is 17.2 Å². The van der Waals surface area contributed by atoms with Crippen molar-refractivity contribution < 1.29 is 0 Å². The second-order valence-corrected chi connectivity index (χ2v) is 12.4. The molecule has 0 N–H and O–H groups in total. The zero-order chi connectivity index (χ0) is 17.3. The van der Waals surface area contributed by atoms with Gasteiger partial charge in [-0.15, -0.1) is 0 Å². The van der Waals surface area contributed by atoms with Gasteiger partial charge in [0.25, 0.3) is 0 Å². The van der Waals surface area contributed by atoms with Crippen LogP contribution < -0.4 is 5.32 Å². The third kappa shape index (κ3) is 3.17. The van der Waals surface area contributed by atoms with Crippen LogP contribution in [0.25, 0.3) is 21.8 Å². The van der Waals surface area contributed by atoms with Crippen LogP contribution in [0.2, 0.25) is 19.6 Å². The molecule has 0 aliphatic heterocycles. The molecule has 0 aliphatic carbocycles. The highest BCUT2D eigenvalue weighted by Gasteiger charge is 2.20. The Balaban J connectivity index is 0.000000149. The Kier molecular flexibility index (Phi) is 4.37. The summed E-state index contributed by atoms with van der Waals surface area (Å²) in [6, 6.07) is 21.4. The van der Waals surface area contributed by atoms with Crippen LogP contribution in [0.5, 0.6) is 0 Å². The third-order valence-corrected chi connectivity index (χ3v) is 6.53. The molecule has 3 heteroatoms. The summed E-state index contributed by atoms with van der Waals surface area (Å²) in [7, 11) is 3.04. The highest BCUT2D eigenvalue weighted by atomic mass is 28.3. The number of aryl methyl sites for hydroxylation is 2. The van der Waals surface area contributed by atoms with E-state index in [1.165, 1.54) is 27.1 Å². The first-order valence-electron chi connectivity index (χ1n) is 8.43. The van der Waals surface area contributed by atoms with E-state index in [-0.39, 0.29) is 0 Å². The van der Waals surface area contributed by atoms with E-state index in [2.05, 4.69) is 110 Å². The van der Waals surface area contributed by atoms with Crippen molar-refractivity contribution in [2.75, 3.05) is 0 Å². The Labute approximate surface area is 145 Å². The number of fused-ring (bicyclic) bond motifs is 2. The van der Waals surface area contributed by atoms with Crippen LogP contribution in [0.4, 0.5) is 0 Å². The van der Waals surface area contributed by atoms with Crippen molar-refractivity contribution >= 4 is 35.2 Å². The Hall–Kier alpha value is -2.26. The maximum absolute atomic E-state index is 2.39. The minimum atomic E-state index is -1.20. The SMILES string of the molecule is Cn1c([Si](C)(C)C)cc2ccccc21.Cn1ccc2ccccc21. The van der Waals surface area contributed by atoms with Gasteiger partial charge in [0.1, 0.15) is 0 Å². The molecule has 0 radical (unpaired) electrons. The third-order valence-electron chi connectivity index (χ3n) is 4.51. The molecule has 0 aliphatic rings. The molecule has 0 unspecified atom stereocenters. The molecule has 0 saturated heterocycles. The van der Waals surface area contributed by atoms with Gasteiger partial charge in [0, 0.05) is 36.6 Å². The van der Waals surface area contributed by atoms with Crippen molar-refractivity contribution in [3.63, 3.8) is 0 Å². The summed E-state index contributed by atoms with van der Waals surface area (Å²) >= 11 is 0. The molecule has 0 fully saturated rings. The van der Waals surface area contributed by atoms with Crippen molar-refractivity contribution in [3.05, 3.63) is 66.9 Å². The molecule has 0 atom stereocenters. The lowest BCUT2D eigenvalue weighted by molar-refractivity contribution is 0.969. The van der Waals surface area contributed by atoms with E-state index in [1.807, 2.05) is 0 Å². The summed E-state index contributed by atoms with van der Waals surface area (Å²) in [4.78, 5) is 0. The molecule has 124 valence electrons. The zero-order valence-corrected chi connectivity index (χ0v) is 16.2. The molecule has 0 spiro atoms. The predicted molar refractivity (Wildman–Crippen MR) is 109 cm³/mol. The quantitative estimate of drug-likeness (QED) is 0.438. The molecular formula is C21H26N2Si. The minimum absolute atomic E-state index is 1.20. The van der Waals surface area contributed by atoms with Gasteiger partial charge in [-0.05, 0) is 35.0 Å². The fourth-order valence-electron chi connectivity index (χ4n) is 3.23. The van der Waals surface area contributed by atoms with E-state index in [0.29, 0.717) is 0 Å². The van der Waals surface area contributed by atoms with Crippen LogP contribution in [0, 0.1) is 0 Å². The molecule has 24 heavy (non-hydrogen) atoms. The van der Waals surface area contributed by atoms with Gasteiger partial charge >= 0.3 is 0 Å². The molecule has 4 rings (SSSR count). The van der Waals surface area contributed by atoms with Crippen molar-refractivity contribution in [3.8, 4) is 0 Å². The summed E-state index contributed by atoms with van der Waals surface area (Å²) in [5.74, 6) is 0. The Morgan fingerprint density at radius 1 is 0.708 bits per heavy atom. The van der Waals surface area contributed by atoms with E-state index in [4.69, 9.17) is 0 Å². The van der Waals surface area contributed by atoms with Crippen molar-refractivity contribution in [2.45, 2.75) is 19.6 Å². The smallest absolute Gasteiger partial charge is 0.0984 e. The molecule has 4 aromatic rings. The second kappa shape index (κ2) is 6.33. The fourth-order valence-corrected chi connectivity index (χ4v) is 4.95. The lowest BCUT2D eigenvalue weighted by Gasteiger charge is -2.17. The van der Waals surface area contributed by atoms with Gasteiger partial charge < -0.3 is 9.13 Å². The largest absolute Gasteiger partial charge is 0.352 e.